The molecule has 1 nitrogen and oxygen atoms in total. The molecule has 14 heavy (non-hydrogen) atoms. The second-order valence-electron chi connectivity index (χ2n) is 2.81. The van der Waals surface area contributed by atoms with Gasteiger partial charge in [0.05, 0.1) is 5.56 Å². The van der Waals surface area contributed by atoms with E-state index in [1.807, 2.05) is 0 Å². The molecule has 0 aliphatic heterocycles. The number of hydrogen-bond donors (Lipinski definition) is 1. The van der Waals surface area contributed by atoms with Gasteiger partial charge in [-0.2, -0.15) is 13.2 Å². The molecule has 0 saturated carbocycles. The van der Waals surface area contributed by atoms with Crippen molar-refractivity contribution in [3.63, 3.8) is 0 Å². The lowest BCUT2D eigenvalue weighted by molar-refractivity contribution is -0.137. The zero-order valence-electron chi connectivity index (χ0n) is 7.56. The van der Waals surface area contributed by atoms with Crippen molar-refractivity contribution in [1.29, 1.82) is 0 Å². The maximum Gasteiger partial charge on any atom is 0.416 e. The monoisotopic (exact) mass is 225 g/mol. The number of nitrogens with two attached hydrogens (primary N) is 1. The summed E-state index contributed by atoms with van der Waals surface area (Å²) in [6, 6.07) is 3.62. The van der Waals surface area contributed by atoms with E-state index in [1.54, 1.807) is 13.0 Å². The fraction of sp³-hybridized carbons (Fsp3) is 0.333. The molecule has 0 aromatic heterocycles. The van der Waals surface area contributed by atoms with Crippen molar-refractivity contribution < 1.29 is 13.2 Å². The molecule has 0 bridgehead atoms. The standard InChI is InChI=1S/C9H10F3N.ClH/c1-2-6-3-7(9(10,11)12)5-8(13)4-6;/h3-5H,2,13H2,1H3;1H. The number of benzene rings is 1. The van der Waals surface area contributed by atoms with Crippen molar-refractivity contribution in [3.8, 4) is 0 Å². The highest BCUT2D eigenvalue weighted by atomic mass is 35.5. The van der Waals surface area contributed by atoms with Crippen molar-refractivity contribution in [2.24, 2.45) is 0 Å². The normalized spacial score (nSPS) is 10.9. The molecule has 0 fully saturated rings. The van der Waals surface area contributed by atoms with Gasteiger partial charge in [0.2, 0.25) is 0 Å². The van der Waals surface area contributed by atoms with E-state index in [1.165, 1.54) is 0 Å². The third-order valence-corrected chi connectivity index (χ3v) is 1.75. The van der Waals surface area contributed by atoms with Crippen LogP contribution in [-0.4, -0.2) is 0 Å². The lowest BCUT2D eigenvalue weighted by Crippen LogP contribution is -2.06. The van der Waals surface area contributed by atoms with E-state index in [9.17, 15) is 13.2 Å². The maximum atomic E-state index is 12.2. The Morgan fingerprint density at radius 3 is 2.21 bits per heavy atom. The molecule has 0 saturated heterocycles. The van der Waals surface area contributed by atoms with Gasteiger partial charge in [-0.15, -0.1) is 12.4 Å². The van der Waals surface area contributed by atoms with Gasteiger partial charge in [0, 0.05) is 5.69 Å². The molecule has 0 aliphatic rings. The number of hydrogen-bond acceptors (Lipinski definition) is 1. The smallest absolute Gasteiger partial charge is 0.399 e. The summed E-state index contributed by atoms with van der Waals surface area (Å²) in [6.45, 7) is 1.79. The molecule has 1 rings (SSSR count). The van der Waals surface area contributed by atoms with E-state index in [0.29, 0.717) is 12.0 Å². The number of aryl methyl sites for hydroxylation is 1. The van der Waals surface area contributed by atoms with Crippen LogP contribution in [0, 0.1) is 0 Å². The average Bonchev–Trinajstić information content (AvgIpc) is 2.01. The van der Waals surface area contributed by atoms with Gasteiger partial charge in [-0.05, 0) is 30.2 Å². The minimum atomic E-state index is -4.31. The number of alkyl halides is 3. The summed E-state index contributed by atoms with van der Waals surface area (Å²) >= 11 is 0. The predicted molar refractivity (Wildman–Crippen MR) is 52.5 cm³/mol. The second kappa shape index (κ2) is 4.55. The SMILES string of the molecule is CCc1cc(N)cc(C(F)(F)F)c1.Cl. The van der Waals surface area contributed by atoms with Crippen LogP contribution < -0.4 is 5.73 Å². The highest BCUT2D eigenvalue weighted by molar-refractivity contribution is 5.85. The lowest BCUT2D eigenvalue weighted by atomic mass is 10.1. The van der Waals surface area contributed by atoms with E-state index >= 15 is 0 Å². The minimum Gasteiger partial charge on any atom is -0.399 e. The summed E-state index contributed by atoms with van der Waals surface area (Å²) in [5.74, 6) is 0. The lowest BCUT2D eigenvalue weighted by Gasteiger charge is -2.09. The zero-order chi connectivity index (χ0) is 10.1. The van der Waals surface area contributed by atoms with E-state index in [0.717, 1.165) is 12.1 Å². The van der Waals surface area contributed by atoms with Gasteiger partial charge in [-0.25, -0.2) is 0 Å². The number of halogens is 4. The van der Waals surface area contributed by atoms with E-state index in [2.05, 4.69) is 0 Å². The molecule has 0 radical (unpaired) electrons. The van der Waals surface area contributed by atoms with Gasteiger partial charge >= 0.3 is 6.18 Å². The molecule has 1 aromatic rings. The number of nitrogen functional groups attached to an aromatic ring is 1. The molecule has 5 heteroatoms. The van der Waals surface area contributed by atoms with E-state index in [-0.39, 0.29) is 18.1 Å². The van der Waals surface area contributed by atoms with Crippen LogP contribution in [-0.2, 0) is 12.6 Å². The molecule has 0 heterocycles. The van der Waals surface area contributed by atoms with Crippen molar-refractivity contribution in [2.45, 2.75) is 19.5 Å². The van der Waals surface area contributed by atoms with Crippen LogP contribution in [0.1, 0.15) is 18.1 Å². The van der Waals surface area contributed by atoms with Crippen LogP contribution in [0.4, 0.5) is 18.9 Å². The molecule has 0 aliphatic carbocycles. The first-order valence-electron chi connectivity index (χ1n) is 3.90. The summed E-state index contributed by atoms with van der Waals surface area (Å²) in [6.07, 6.45) is -3.76. The quantitative estimate of drug-likeness (QED) is 0.730. The Balaban J connectivity index is 0.00000169. The molecular formula is C9H11ClF3N. The van der Waals surface area contributed by atoms with Crippen LogP contribution in [0.5, 0.6) is 0 Å². The van der Waals surface area contributed by atoms with Crippen molar-refractivity contribution >= 4 is 18.1 Å². The molecule has 1 aromatic carbocycles. The van der Waals surface area contributed by atoms with Crippen molar-refractivity contribution in [1.82, 2.24) is 0 Å². The Morgan fingerprint density at radius 2 is 1.79 bits per heavy atom. The first kappa shape index (κ1) is 13.1. The van der Waals surface area contributed by atoms with Gasteiger partial charge in [0.15, 0.2) is 0 Å². The first-order chi connectivity index (χ1) is 5.93. The van der Waals surface area contributed by atoms with E-state index in [4.69, 9.17) is 5.73 Å². The maximum absolute atomic E-state index is 12.2. The molecular weight excluding hydrogens is 215 g/mol. The van der Waals surface area contributed by atoms with Gasteiger partial charge in [0.25, 0.3) is 0 Å². The summed E-state index contributed by atoms with van der Waals surface area (Å²) in [5.41, 5.74) is 5.42. The summed E-state index contributed by atoms with van der Waals surface area (Å²) < 4.78 is 36.7. The Hall–Kier alpha value is -0.900. The molecule has 0 atom stereocenters. The van der Waals surface area contributed by atoms with Gasteiger partial charge in [0.1, 0.15) is 0 Å². The fourth-order valence-corrected chi connectivity index (χ4v) is 1.09. The Bertz CT molecular complexity index is 309. The molecule has 2 N–H and O–H groups in total. The Morgan fingerprint density at radius 1 is 1.21 bits per heavy atom. The first-order valence-corrected chi connectivity index (χ1v) is 3.90. The molecule has 0 amide bonds. The van der Waals surface area contributed by atoms with Crippen LogP contribution in [0.3, 0.4) is 0 Å². The largest absolute Gasteiger partial charge is 0.416 e. The Kier molecular flexibility index (Phi) is 4.26. The van der Waals surface area contributed by atoms with Crippen LogP contribution in [0.25, 0.3) is 0 Å². The van der Waals surface area contributed by atoms with Gasteiger partial charge in [-0.3, -0.25) is 0 Å². The zero-order valence-corrected chi connectivity index (χ0v) is 8.38. The van der Waals surface area contributed by atoms with Crippen LogP contribution in [0.15, 0.2) is 18.2 Å². The third kappa shape index (κ3) is 3.10. The predicted octanol–water partition coefficient (Wildman–Crippen LogP) is 3.27. The highest BCUT2D eigenvalue weighted by Crippen LogP contribution is 2.31. The van der Waals surface area contributed by atoms with Crippen molar-refractivity contribution in [2.75, 3.05) is 5.73 Å². The number of anilines is 1. The van der Waals surface area contributed by atoms with Crippen LogP contribution >= 0.6 is 12.4 Å². The highest BCUT2D eigenvalue weighted by Gasteiger charge is 2.30. The number of rotatable bonds is 1. The minimum absolute atomic E-state index is 0. The third-order valence-electron chi connectivity index (χ3n) is 1.75. The summed E-state index contributed by atoms with van der Waals surface area (Å²) in [4.78, 5) is 0. The summed E-state index contributed by atoms with van der Waals surface area (Å²) in [7, 11) is 0. The van der Waals surface area contributed by atoms with Gasteiger partial charge in [-0.1, -0.05) is 6.92 Å². The average molecular weight is 226 g/mol. The second-order valence-corrected chi connectivity index (χ2v) is 2.81. The molecule has 0 unspecified atom stereocenters. The van der Waals surface area contributed by atoms with Crippen molar-refractivity contribution in [3.05, 3.63) is 29.3 Å². The fourth-order valence-electron chi connectivity index (χ4n) is 1.09. The van der Waals surface area contributed by atoms with Gasteiger partial charge < -0.3 is 5.73 Å². The topological polar surface area (TPSA) is 26.0 Å². The van der Waals surface area contributed by atoms with Crippen LogP contribution in [0.2, 0.25) is 0 Å². The molecule has 80 valence electrons. The van der Waals surface area contributed by atoms with E-state index < -0.39 is 11.7 Å². The summed E-state index contributed by atoms with van der Waals surface area (Å²) in [5, 5.41) is 0. The molecule has 0 spiro atoms. The Labute approximate surface area is 86.5 Å².